The Balaban J connectivity index is 1.81. The molecule has 0 saturated heterocycles. The fourth-order valence-electron chi connectivity index (χ4n) is 4.15. The molecule has 0 radical (unpaired) electrons. The molecule has 0 unspecified atom stereocenters. The number of amides is 3. The third-order valence-corrected chi connectivity index (χ3v) is 5.73. The molecule has 1 heterocycles. The molecule has 172 valence electrons. The first-order valence-corrected chi connectivity index (χ1v) is 11.3. The van der Waals surface area contributed by atoms with Crippen molar-refractivity contribution in [3.8, 4) is 0 Å². The van der Waals surface area contributed by atoms with Gasteiger partial charge < -0.3 is 10.2 Å². The Morgan fingerprint density at radius 3 is 2.24 bits per heavy atom. The zero-order chi connectivity index (χ0) is 24.2. The first kappa shape index (κ1) is 23.0. The van der Waals surface area contributed by atoms with Gasteiger partial charge in [0.1, 0.15) is 5.70 Å². The van der Waals surface area contributed by atoms with E-state index < -0.39 is 0 Å². The maximum Gasteiger partial charge on any atom is 0.282 e. The van der Waals surface area contributed by atoms with Crippen molar-refractivity contribution >= 4 is 34.7 Å². The second kappa shape index (κ2) is 9.75. The molecule has 6 heteroatoms. The number of aryl methyl sites for hydroxylation is 1. The van der Waals surface area contributed by atoms with Crippen molar-refractivity contribution in [2.75, 3.05) is 16.8 Å². The average Bonchev–Trinajstić information content (AvgIpc) is 3.08. The predicted molar refractivity (Wildman–Crippen MR) is 134 cm³/mol. The molecular formula is C28H27N3O3. The number of hydrogen-bond donors (Lipinski definition) is 1. The minimum atomic E-state index is -0.357. The third kappa shape index (κ3) is 4.62. The summed E-state index contributed by atoms with van der Waals surface area (Å²) in [5.74, 6) is -0.871. The van der Waals surface area contributed by atoms with Crippen LogP contribution in [-0.4, -0.2) is 29.2 Å². The van der Waals surface area contributed by atoms with Crippen molar-refractivity contribution in [3.05, 3.63) is 101 Å². The predicted octanol–water partition coefficient (Wildman–Crippen LogP) is 4.76. The molecule has 1 aliphatic rings. The van der Waals surface area contributed by atoms with Gasteiger partial charge in [-0.1, -0.05) is 54.6 Å². The zero-order valence-electron chi connectivity index (χ0n) is 19.5. The van der Waals surface area contributed by atoms with E-state index in [4.69, 9.17) is 0 Å². The number of carbonyl (C=O) groups is 3. The molecule has 3 aromatic rings. The number of benzene rings is 3. The zero-order valence-corrected chi connectivity index (χ0v) is 19.5. The van der Waals surface area contributed by atoms with Gasteiger partial charge in [-0.05, 0) is 54.8 Å². The summed E-state index contributed by atoms with van der Waals surface area (Å²) >= 11 is 0. The highest BCUT2D eigenvalue weighted by molar-refractivity contribution is 6.45. The van der Waals surface area contributed by atoms with Crippen LogP contribution in [0, 0.1) is 6.92 Å². The maximum atomic E-state index is 13.8. The van der Waals surface area contributed by atoms with Crippen LogP contribution in [0.4, 0.5) is 11.4 Å². The van der Waals surface area contributed by atoms with Crippen LogP contribution < -0.4 is 10.2 Å². The van der Waals surface area contributed by atoms with E-state index in [-0.39, 0.29) is 17.7 Å². The number of likely N-dealkylation sites (N-methyl/N-ethyl adjacent to an activating group) is 1. The van der Waals surface area contributed by atoms with Gasteiger partial charge in [0.2, 0.25) is 5.91 Å². The molecule has 0 saturated carbocycles. The van der Waals surface area contributed by atoms with E-state index in [1.807, 2.05) is 67.3 Å². The molecule has 1 N–H and O–H groups in total. The molecule has 1 aliphatic heterocycles. The van der Waals surface area contributed by atoms with Gasteiger partial charge in [-0.25, -0.2) is 4.90 Å². The maximum absolute atomic E-state index is 13.8. The van der Waals surface area contributed by atoms with Crippen LogP contribution in [0.1, 0.15) is 30.5 Å². The Morgan fingerprint density at radius 2 is 1.62 bits per heavy atom. The van der Waals surface area contributed by atoms with Crippen molar-refractivity contribution in [2.45, 2.75) is 27.3 Å². The minimum Gasteiger partial charge on any atom is -0.362 e. The van der Waals surface area contributed by atoms with E-state index in [9.17, 15) is 14.4 Å². The van der Waals surface area contributed by atoms with E-state index in [0.29, 0.717) is 41.3 Å². The van der Waals surface area contributed by atoms with Crippen LogP contribution in [0.15, 0.2) is 84.6 Å². The Bertz CT molecular complexity index is 1260. The summed E-state index contributed by atoms with van der Waals surface area (Å²) < 4.78 is 0. The first-order valence-electron chi connectivity index (χ1n) is 11.3. The van der Waals surface area contributed by atoms with E-state index in [1.54, 1.807) is 30.3 Å². The molecule has 0 fully saturated rings. The smallest absolute Gasteiger partial charge is 0.282 e. The topological polar surface area (TPSA) is 69.7 Å². The first-order chi connectivity index (χ1) is 16.4. The highest BCUT2D eigenvalue weighted by Gasteiger charge is 2.42. The lowest BCUT2D eigenvalue weighted by Crippen LogP contribution is -2.35. The molecule has 3 amide bonds. The lowest BCUT2D eigenvalue weighted by atomic mass is 10.0. The molecular weight excluding hydrogens is 426 g/mol. The second-order valence-electron chi connectivity index (χ2n) is 8.27. The minimum absolute atomic E-state index is 0.176. The van der Waals surface area contributed by atoms with Gasteiger partial charge in [-0.2, -0.15) is 0 Å². The Labute approximate surface area is 199 Å². The van der Waals surface area contributed by atoms with Crippen molar-refractivity contribution in [3.63, 3.8) is 0 Å². The summed E-state index contributed by atoms with van der Waals surface area (Å²) in [6.45, 7) is 6.40. The van der Waals surface area contributed by atoms with E-state index in [0.717, 1.165) is 11.1 Å². The Kier molecular flexibility index (Phi) is 6.59. The van der Waals surface area contributed by atoms with Crippen LogP contribution in [0.5, 0.6) is 0 Å². The van der Waals surface area contributed by atoms with Gasteiger partial charge in [0, 0.05) is 25.7 Å². The molecule has 0 atom stereocenters. The van der Waals surface area contributed by atoms with Crippen LogP contribution in [-0.2, 0) is 20.9 Å². The van der Waals surface area contributed by atoms with Crippen LogP contribution in [0.25, 0.3) is 5.57 Å². The standard InChI is InChI=1S/C28H27N3O3/c1-4-30(18-21-10-6-5-7-11-21)26-25(22-13-15-23(16-14-22)29-20(3)32)27(33)31(28(26)34)24-12-8-9-19(2)17-24/h5-17H,4,18H2,1-3H3,(H,29,32). The number of carbonyl (C=O) groups excluding carboxylic acids is 3. The molecule has 4 rings (SSSR count). The SMILES string of the molecule is CCN(Cc1ccccc1)C1=C(c2ccc(NC(C)=O)cc2)C(=O)N(c2cccc(C)c2)C1=O. The number of nitrogens with one attached hydrogen (secondary N) is 1. The highest BCUT2D eigenvalue weighted by atomic mass is 16.2. The normalized spacial score (nSPS) is 13.4. The number of imide groups is 1. The lowest BCUT2D eigenvalue weighted by Gasteiger charge is -2.25. The van der Waals surface area contributed by atoms with Gasteiger partial charge in [-0.15, -0.1) is 0 Å². The fourth-order valence-corrected chi connectivity index (χ4v) is 4.15. The Morgan fingerprint density at radius 1 is 0.912 bits per heavy atom. The number of nitrogens with zero attached hydrogens (tertiary/aromatic N) is 2. The number of anilines is 2. The van der Waals surface area contributed by atoms with E-state index in [1.165, 1.54) is 11.8 Å². The third-order valence-electron chi connectivity index (χ3n) is 5.73. The van der Waals surface area contributed by atoms with Crippen LogP contribution in [0.2, 0.25) is 0 Å². The van der Waals surface area contributed by atoms with E-state index >= 15 is 0 Å². The van der Waals surface area contributed by atoms with Crippen molar-refractivity contribution in [1.29, 1.82) is 0 Å². The molecule has 6 nitrogen and oxygen atoms in total. The summed E-state index contributed by atoms with van der Waals surface area (Å²) in [7, 11) is 0. The van der Waals surface area contributed by atoms with Gasteiger partial charge in [0.05, 0.1) is 11.3 Å². The molecule has 0 aromatic heterocycles. The van der Waals surface area contributed by atoms with Gasteiger partial charge in [0.25, 0.3) is 11.8 Å². The van der Waals surface area contributed by atoms with Crippen LogP contribution in [0.3, 0.4) is 0 Å². The van der Waals surface area contributed by atoms with Gasteiger partial charge >= 0.3 is 0 Å². The van der Waals surface area contributed by atoms with Crippen molar-refractivity contribution in [2.24, 2.45) is 0 Å². The van der Waals surface area contributed by atoms with Crippen LogP contribution >= 0.6 is 0 Å². The summed E-state index contributed by atoms with van der Waals surface area (Å²) in [6.07, 6.45) is 0. The van der Waals surface area contributed by atoms with Gasteiger partial charge in [-0.3, -0.25) is 14.4 Å². The average molecular weight is 454 g/mol. The highest BCUT2D eigenvalue weighted by Crippen LogP contribution is 2.36. The molecule has 0 aliphatic carbocycles. The monoisotopic (exact) mass is 453 g/mol. The second-order valence-corrected chi connectivity index (χ2v) is 8.27. The summed E-state index contributed by atoms with van der Waals surface area (Å²) in [5.41, 5.74) is 4.55. The largest absolute Gasteiger partial charge is 0.362 e. The van der Waals surface area contributed by atoms with Crippen molar-refractivity contribution in [1.82, 2.24) is 4.90 Å². The lowest BCUT2D eigenvalue weighted by molar-refractivity contribution is -0.121. The molecule has 3 aromatic carbocycles. The summed E-state index contributed by atoms with van der Waals surface area (Å²) in [6, 6.07) is 24.3. The number of hydrogen-bond acceptors (Lipinski definition) is 4. The molecule has 0 bridgehead atoms. The Hall–Kier alpha value is -4.19. The molecule has 0 spiro atoms. The fraction of sp³-hybridized carbons (Fsp3) is 0.179. The van der Waals surface area contributed by atoms with E-state index in [2.05, 4.69) is 5.32 Å². The number of rotatable bonds is 7. The quantitative estimate of drug-likeness (QED) is 0.524. The summed E-state index contributed by atoms with van der Waals surface area (Å²) in [4.78, 5) is 42.1. The summed E-state index contributed by atoms with van der Waals surface area (Å²) in [5, 5.41) is 2.73. The van der Waals surface area contributed by atoms with Crippen molar-refractivity contribution < 1.29 is 14.4 Å². The van der Waals surface area contributed by atoms with Gasteiger partial charge in [0.15, 0.2) is 0 Å². The molecule has 34 heavy (non-hydrogen) atoms.